The molecule has 2 aromatic heterocycles. The van der Waals surface area contributed by atoms with E-state index in [1.165, 1.54) is 0 Å². The van der Waals surface area contributed by atoms with Crippen molar-refractivity contribution in [3.63, 3.8) is 0 Å². The summed E-state index contributed by atoms with van der Waals surface area (Å²) in [5.41, 5.74) is 3.97. The number of methoxy groups -OCH3 is 1. The Balaban J connectivity index is 1.35. The van der Waals surface area contributed by atoms with Crippen molar-refractivity contribution in [1.29, 1.82) is 0 Å². The third kappa shape index (κ3) is 5.42. The molecule has 1 aliphatic rings. The van der Waals surface area contributed by atoms with Crippen molar-refractivity contribution in [3.05, 3.63) is 72.2 Å². The molecule has 33 heavy (non-hydrogen) atoms. The van der Waals surface area contributed by atoms with Gasteiger partial charge in [0.15, 0.2) is 0 Å². The maximum atomic E-state index is 13.0. The van der Waals surface area contributed by atoms with Gasteiger partial charge in [-0.2, -0.15) is 0 Å². The lowest BCUT2D eigenvalue weighted by molar-refractivity contribution is -0.132. The Hall–Kier alpha value is -3.61. The lowest BCUT2D eigenvalue weighted by Gasteiger charge is -2.26. The van der Waals surface area contributed by atoms with Crippen LogP contribution in [0.1, 0.15) is 36.6 Å². The fraction of sp³-hybridized carbons (Fsp3) is 0.346. The molecule has 3 aromatic rings. The number of hydrogen-bond acceptors (Lipinski definition) is 6. The van der Waals surface area contributed by atoms with E-state index in [-0.39, 0.29) is 11.9 Å². The molecule has 1 unspecified atom stereocenters. The number of amides is 1. The van der Waals surface area contributed by atoms with Crippen LogP contribution in [0, 0.1) is 6.92 Å². The van der Waals surface area contributed by atoms with E-state index >= 15 is 0 Å². The first kappa shape index (κ1) is 22.6. The molecule has 0 aliphatic carbocycles. The first-order chi connectivity index (χ1) is 16.0. The Morgan fingerprint density at radius 1 is 1.18 bits per heavy atom. The van der Waals surface area contributed by atoms with E-state index in [2.05, 4.69) is 20.2 Å². The van der Waals surface area contributed by atoms with Crippen LogP contribution in [0.2, 0.25) is 0 Å². The minimum Gasteiger partial charge on any atom is -0.497 e. The normalized spacial score (nSPS) is 15.4. The Morgan fingerprint density at radius 3 is 2.70 bits per heavy atom. The van der Waals surface area contributed by atoms with Crippen LogP contribution in [0.5, 0.6) is 5.75 Å². The number of aromatic nitrogens is 2. The molecule has 172 valence electrons. The first-order valence-corrected chi connectivity index (χ1v) is 11.3. The highest BCUT2D eigenvalue weighted by Gasteiger charge is 2.30. The molecule has 1 aliphatic heterocycles. The van der Waals surface area contributed by atoms with Gasteiger partial charge in [-0.25, -0.2) is 4.98 Å². The van der Waals surface area contributed by atoms with Crippen molar-refractivity contribution in [1.82, 2.24) is 14.9 Å². The topological polar surface area (TPSA) is 70.6 Å². The molecule has 7 heteroatoms. The van der Waals surface area contributed by atoms with E-state index in [0.29, 0.717) is 13.0 Å². The van der Waals surface area contributed by atoms with Gasteiger partial charge in [-0.1, -0.05) is 6.07 Å². The number of hydrogen-bond donors (Lipinski definition) is 1. The smallest absolute Gasteiger partial charge is 0.224 e. The summed E-state index contributed by atoms with van der Waals surface area (Å²) < 4.78 is 5.22. The number of anilines is 3. The molecule has 0 spiro atoms. The zero-order valence-electron chi connectivity index (χ0n) is 19.5. The van der Waals surface area contributed by atoms with E-state index in [9.17, 15) is 4.79 Å². The summed E-state index contributed by atoms with van der Waals surface area (Å²) in [5.74, 6) is 1.82. The average molecular weight is 446 g/mol. The van der Waals surface area contributed by atoms with E-state index < -0.39 is 0 Å². The van der Waals surface area contributed by atoms with Gasteiger partial charge in [-0.3, -0.25) is 9.78 Å². The minimum absolute atomic E-state index is 0.0365. The zero-order valence-corrected chi connectivity index (χ0v) is 19.5. The average Bonchev–Trinajstić information content (AvgIpc) is 3.34. The number of ether oxygens (including phenoxy) is 1. The predicted octanol–water partition coefficient (Wildman–Crippen LogP) is 4.73. The highest BCUT2D eigenvalue weighted by atomic mass is 16.5. The summed E-state index contributed by atoms with van der Waals surface area (Å²) in [4.78, 5) is 26.2. The van der Waals surface area contributed by atoms with Crippen molar-refractivity contribution < 1.29 is 9.53 Å². The lowest BCUT2D eigenvalue weighted by atomic mass is 10.1. The lowest BCUT2D eigenvalue weighted by Crippen LogP contribution is -2.33. The Morgan fingerprint density at radius 2 is 2.00 bits per heavy atom. The molecule has 1 atom stereocenters. The van der Waals surface area contributed by atoms with Gasteiger partial charge in [0.2, 0.25) is 5.91 Å². The van der Waals surface area contributed by atoms with Crippen molar-refractivity contribution in [2.45, 2.75) is 32.2 Å². The third-order valence-corrected chi connectivity index (χ3v) is 6.15. The molecule has 1 amide bonds. The molecule has 1 N–H and O–H groups in total. The quantitative estimate of drug-likeness (QED) is 0.541. The molecule has 0 bridgehead atoms. The number of nitrogens with one attached hydrogen (secondary N) is 1. The maximum Gasteiger partial charge on any atom is 0.224 e. The molecular weight excluding hydrogens is 414 g/mol. The number of rotatable bonds is 8. The number of carbonyl (C=O) groups is 1. The van der Waals surface area contributed by atoms with Gasteiger partial charge in [0.05, 0.1) is 30.7 Å². The summed E-state index contributed by atoms with van der Waals surface area (Å²) in [7, 11) is 3.66. The number of benzene rings is 1. The van der Waals surface area contributed by atoms with E-state index in [1.807, 2.05) is 73.6 Å². The van der Waals surface area contributed by atoms with Crippen LogP contribution in [0.4, 0.5) is 17.2 Å². The monoisotopic (exact) mass is 445 g/mol. The van der Waals surface area contributed by atoms with Gasteiger partial charge < -0.3 is 19.9 Å². The number of aryl methyl sites for hydroxylation is 1. The summed E-state index contributed by atoms with van der Waals surface area (Å²) >= 11 is 0. The van der Waals surface area contributed by atoms with Crippen LogP contribution in [-0.4, -0.2) is 48.0 Å². The third-order valence-electron chi connectivity index (χ3n) is 6.15. The summed E-state index contributed by atoms with van der Waals surface area (Å²) in [6.07, 6.45) is 6.00. The molecule has 1 aromatic carbocycles. The standard InChI is InChI=1S/C26H31N5O2/c1-19-6-4-15-27-26(19)29-20-8-13-23(28-18-20)24-7-5-16-31(24)25(32)14-17-30(2)21-9-11-22(33-3)12-10-21/h4,6,8-13,15,18,24H,5,7,14,16-17H2,1-3H3,(H,27,29). The molecule has 0 saturated carbocycles. The number of likely N-dealkylation sites (tertiary alicyclic amines) is 1. The van der Waals surface area contributed by atoms with Crippen LogP contribution in [0.15, 0.2) is 60.9 Å². The number of nitrogens with zero attached hydrogens (tertiary/aromatic N) is 4. The fourth-order valence-electron chi connectivity index (χ4n) is 4.18. The zero-order chi connectivity index (χ0) is 23.2. The van der Waals surface area contributed by atoms with Crippen LogP contribution in [0.25, 0.3) is 0 Å². The van der Waals surface area contributed by atoms with Gasteiger partial charge in [0.25, 0.3) is 0 Å². The SMILES string of the molecule is COc1ccc(N(C)CCC(=O)N2CCCC2c2ccc(Nc3ncccc3C)cn2)cc1. The largest absolute Gasteiger partial charge is 0.497 e. The van der Waals surface area contributed by atoms with Gasteiger partial charge in [-0.05, 0) is 67.8 Å². The van der Waals surface area contributed by atoms with E-state index in [1.54, 1.807) is 13.3 Å². The molecule has 1 fully saturated rings. The second kappa shape index (κ2) is 10.3. The van der Waals surface area contributed by atoms with Crippen LogP contribution in [-0.2, 0) is 4.79 Å². The molecule has 7 nitrogen and oxygen atoms in total. The Labute approximate surface area is 195 Å². The van der Waals surface area contributed by atoms with Crippen LogP contribution >= 0.6 is 0 Å². The van der Waals surface area contributed by atoms with Crippen molar-refractivity contribution in [2.24, 2.45) is 0 Å². The molecule has 3 heterocycles. The van der Waals surface area contributed by atoms with Crippen molar-refractivity contribution in [2.75, 3.05) is 37.5 Å². The molecule has 4 rings (SSSR count). The first-order valence-electron chi connectivity index (χ1n) is 11.3. The van der Waals surface area contributed by atoms with Gasteiger partial charge in [-0.15, -0.1) is 0 Å². The second-order valence-electron chi connectivity index (χ2n) is 8.38. The molecular formula is C26H31N5O2. The Bertz CT molecular complexity index is 1070. The summed E-state index contributed by atoms with van der Waals surface area (Å²) in [6, 6.07) is 15.9. The highest BCUT2D eigenvalue weighted by Crippen LogP contribution is 2.32. The molecule has 1 saturated heterocycles. The fourth-order valence-corrected chi connectivity index (χ4v) is 4.18. The number of carbonyl (C=O) groups excluding carboxylic acids is 1. The van der Waals surface area contributed by atoms with Gasteiger partial charge in [0.1, 0.15) is 11.6 Å². The van der Waals surface area contributed by atoms with E-state index in [0.717, 1.165) is 53.6 Å². The summed E-state index contributed by atoms with van der Waals surface area (Å²) in [5, 5.41) is 3.31. The van der Waals surface area contributed by atoms with Crippen LogP contribution < -0.4 is 15.0 Å². The van der Waals surface area contributed by atoms with E-state index in [4.69, 9.17) is 4.74 Å². The second-order valence-corrected chi connectivity index (χ2v) is 8.38. The van der Waals surface area contributed by atoms with Crippen LogP contribution in [0.3, 0.4) is 0 Å². The number of pyridine rings is 2. The molecule has 0 radical (unpaired) electrons. The summed E-state index contributed by atoms with van der Waals surface area (Å²) in [6.45, 7) is 3.46. The predicted molar refractivity (Wildman–Crippen MR) is 131 cm³/mol. The minimum atomic E-state index is 0.0365. The maximum absolute atomic E-state index is 13.0. The Kier molecular flexibility index (Phi) is 7.07. The van der Waals surface area contributed by atoms with Crippen molar-refractivity contribution in [3.8, 4) is 5.75 Å². The van der Waals surface area contributed by atoms with Crippen molar-refractivity contribution >= 4 is 23.1 Å². The highest BCUT2D eigenvalue weighted by molar-refractivity contribution is 5.77. The van der Waals surface area contributed by atoms with Gasteiger partial charge >= 0.3 is 0 Å². The van der Waals surface area contributed by atoms with Gasteiger partial charge in [0, 0.05) is 38.4 Å².